The summed E-state index contributed by atoms with van der Waals surface area (Å²) in [6.07, 6.45) is 0.444. The predicted molar refractivity (Wildman–Crippen MR) is 75.5 cm³/mol. The van der Waals surface area contributed by atoms with Crippen LogP contribution >= 0.6 is 0 Å². The molecule has 1 unspecified atom stereocenters. The van der Waals surface area contributed by atoms with Crippen LogP contribution in [-0.4, -0.2) is 30.3 Å². The van der Waals surface area contributed by atoms with Crippen LogP contribution in [0.25, 0.3) is 0 Å². The van der Waals surface area contributed by atoms with E-state index in [0.717, 1.165) is 6.08 Å². The van der Waals surface area contributed by atoms with Gasteiger partial charge in [0.2, 0.25) is 0 Å². The van der Waals surface area contributed by atoms with Crippen LogP contribution in [0.4, 0.5) is 0 Å². The van der Waals surface area contributed by atoms with Crippen LogP contribution in [0.15, 0.2) is 55.1 Å². The second-order valence-electron chi connectivity index (χ2n) is 3.63. The van der Waals surface area contributed by atoms with E-state index in [1.165, 1.54) is 7.11 Å². The fraction of sp³-hybridized carbons (Fsp3) is 0.200. The number of hydrogen-bond acceptors (Lipinski definition) is 4. The van der Waals surface area contributed by atoms with E-state index in [2.05, 4.69) is 17.9 Å². The minimum Gasteiger partial charge on any atom is -0.486 e. The van der Waals surface area contributed by atoms with Gasteiger partial charge in [0.1, 0.15) is 11.9 Å². The van der Waals surface area contributed by atoms with Crippen molar-refractivity contribution in [1.82, 2.24) is 0 Å². The zero-order valence-corrected chi connectivity index (χ0v) is 11.5. The fourth-order valence-electron chi connectivity index (χ4n) is 1.07. The average molecular weight is 278 g/mol. The lowest BCUT2D eigenvalue weighted by Crippen LogP contribution is -2.21. The van der Waals surface area contributed by atoms with Crippen LogP contribution in [0.3, 0.4) is 0 Å². The molecule has 5 heteroatoms. The Morgan fingerprint density at radius 1 is 1.30 bits per heavy atom. The first kappa shape index (κ1) is 17.4. The smallest absolute Gasteiger partial charge is 0.336 e. The van der Waals surface area contributed by atoms with Gasteiger partial charge < -0.3 is 14.6 Å². The van der Waals surface area contributed by atoms with Crippen LogP contribution in [-0.2, 0) is 14.3 Å². The van der Waals surface area contributed by atoms with Crippen molar-refractivity contribution in [3.05, 3.63) is 55.1 Å². The molecule has 0 fully saturated rings. The molecule has 0 saturated carbocycles. The van der Waals surface area contributed by atoms with Gasteiger partial charge in [0.25, 0.3) is 0 Å². The molecule has 0 radical (unpaired) electrons. The minimum atomic E-state index is -0.981. The van der Waals surface area contributed by atoms with Gasteiger partial charge in [0, 0.05) is 6.08 Å². The van der Waals surface area contributed by atoms with Crippen molar-refractivity contribution in [1.29, 1.82) is 0 Å². The molecule has 1 aromatic rings. The second-order valence-corrected chi connectivity index (χ2v) is 3.63. The molecule has 0 saturated heterocycles. The Balaban J connectivity index is 0.000000621. The Morgan fingerprint density at radius 2 is 1.80 bits per heavy atom. The van der Waals surface area contributed by atoms with Crippen LogP contribution in [0.2, 0.25) is 0 Å². The summed E-state index contributed by atoms with van der Waals surface area (Å²) in [5.41, 5.74) is 0.307. The molecule has 5 nitrogen and oxygen atoms in total. The van der Waals surface area contributed by atoms with Crippen molar-refractivity contribution in [3.8, 4) is 5.75 Å². The lowest BCUT2D eigenvalue weighted by atomic mass is 10.2. The number of carbonyl (C=O) groups is 2. The summed E-state index contributed by atoms with van der Waals surface area (Å²) in [5.74, 6) is -0.724. The Hall–Kier alpha value is -2.56. The van der Waals surface area contributed by atoms with E-state index in [0.29, 0.717) is 11.3 Å². The Bertz CT molecular complexity index is 464. The first-order valence-corrected chi connectivity index (χ1v) is 5.76. The molecular formula is C15H18O5. The third-order valence-electron chi connectivity index (χ3n) is 2.17. The molecule has 1 atom stereocenters. The van der Waals surface area contributed by atoms with E-state index in [1.54, 1.807) is 6.92 Å². The normalized spacial score (nSPS) is 10.3. The minimum absolute atomic E-state index is 0.307. The quantitative estimate of drug-likeness (QED) is 0.661. The molecule has 0 aliphatic rings. The number of para-hydroxylation sites is 1. The van der Waals surface area contributed by atoms with Gasteiger partial charge in [0.05, 0.1) is 12.7 Å². The van der Waals surface area contributed by atoms with Gasteiger partial charge in [-0.25, -0.2) is 9.59 Å². The lowest BCUT2D eigenvalue weighted by Gasteiger charge is -2.15. The maximum Gasteiger partial charge on any atom is 0.336 e. The summed E-state index contributed by atoms with van der Waals surface area (Å²) in [6.45, 7) is 8.34. The van der Waals surface area contributed by atoms with E-state index in [9.17, 15) is 9.59 Å². The van der Waals surface area contributed by atoms with Gasteiger partial charge in [-0.15, -0.1) is 0 Å². The van der Waals surface area contributed by atoms with Gasteiger partial charge in [-0.3, -0.25) is 0 Å². The highest BCUT2D eigenvalue weighted by atomic mass is 16.5. The number of rotatable bonds is 5. The number of carboxylic acids is 1. The highest BCUT2D eigenvalue weighted by Crippen LogP contribution is 2.14. The largest absolute Gasteiger partial charge is 0.486 e. The molecule has 0 bridgehead atoms. The standard InChI is InChI=1S/C12H14O3.C3H4O2/c1-9(12(13)14-3)10(2)15-11-7-5-4-6-8-11;1-2-3(4)5/h4-8,10H,1H2,2-3H3;2H,1H2,(H,4,5). The molecule has 0 aromatic heterocycles. The number of carboxylic acid groups (broad SMARTS) is 1. The molecule has 0 spiro atoms. The molecule has 1 rings (SSSR count). The summed E-state index contributed by atoms with van der Waals surface area (Å²) >= 11 is 0. The summed E-state index contributed by atoms with van der Waals surface area (Å²) in [7, 11) is 1.32. The van der Waals surface area contributed by atoms with E-state index >= 15 is 0 Å². The highest BCUT2D eigenvalue weighted by Gasteiger charge is 2.16. The second kappa shape index (κ2) is 9.38. The Kier molecular flexibility index (Phi) is 8.18. The van der Waals surface area contributed by atoms with E-state index in [1.807, 2.05) is 30.3 Å². The van der Waals surface area contributed by atoms with Gasteiger partial charge in [-0.2, -0.15) is 0 Å². The summed E-state index contributed by atoms with van der Waals surface area (Å²) in [5, 5.41) is 7.60. The molecule has 1 aromatic carbocycles. The van der Waals surface area contributed by atoms with Gasteiger partial charge >= 0.3 is 11.9 Å². The molecular weight excluding hydrogens is 260 g/mol. The fourth-order valence-corrected chi connectivity index (χ4v) is 1.07. The van der Waals surface area contributed by atoms with Crippen molar-refractivity contribution >= 4 is 11.9 Å². The topological polar surface area (TPSA) is 72.8 Å². The van der Waals surface area contributed by atoms with Crippen molar-refractivity contribution in [3.63, 3.8) is 0 Å². The summed E-state index contributed by atoms with van der Waals surface area (Å²) < 4.78 is 10.1. The Morgan fingerprint density at radius 3 is 2.20 bits per heavy atom. The van der Waals surface area contributed by atoms with Crippen molar-refractivity contribution in [2.75, 3.05) is 7.11 Å². The molecule has 108 valence electrons. The number of esters is 1. The number of ether oxygens (including phenoxy) is 2. The predicted octanol–water partition coefficient (Wildman–Crippen LogP) is 2.44. The zero-order chi connectivity index (χ0) is 15.5. The van der Waals surface area contributed by atoms with Gasteiger partial charge in [-0.05, 0) is 19.1 Å². The van der Waals surface area contributed by atoms with E-state index < -0.39 is 11.9 Å². The average Bonchev–Trinajstić information content (AvgIpc) is 2.47. The van der Waals surface area contributed by atoms with Crippen molar-refractivity contribution < 1.29 is 24.2 Å². The van der Waals surface area contributed by atoms with Crippen LogP contribution in [0.1, 0.15) is 6.92 Å². The molecule has 0 aliphatic carbocycles. The van der Waals surface area contributed by atoms with Crippen molar-refractivity contribution in [2.45, 2.75) is 13.0 Å². The number of hydrogen-bond donors (Lipinski definition) is 1. The third-order valence-corrected chi connectivity index (χ3v) is 2.17. The van der Waals surface area contributed by atoms with Gasteiger partial charge in [-0.1, -0.05) is 31.4 Å². The molecule has 0 amide bonds. The van der Waals surface area contributed by atoms with Crippen molar-refractivity contribution in [2.24, 2.45) is 0 Å². The maximum atomic E-state index is 11.1. The van der Waals surface area contributed by atoms with E-state index in [4.69, 9.17) is 9.84 Å². The number of benzene rings is 1. The number of carbonyl (C=O) groups excluding carboxylic acids is 1. The van der Waals surface area contributed by atoms with E-state index in [-0.39, 0.29) is 6.10 Å². The summed E-state index contributed by atoms with van der Waals surface area (Å²) in [6, 6.07) is 9.26. The molecule has 20 heavy (non-hydrogen) atoms. The first-order chi connectivity index (χ1) is 9.42. The Labute approximate surface area is 118 Å². The lowest BCUT2D eigenvalue weighted by molar-refractivity contribution is -0.137. The molecule has 0 heterocycles. The zero-order valence-electron chi connectivity index (χ0n) is 11.5. The monoisotopic (exact) mass is 278 g/mol. The summed E-state index contributed by atoms with van der Waals surface area (Å²) in [4.78, 5) is 20.4. The first-order valence-electron chi connectivity index (χ1n) is 5.76. The number of aliphatic carboxylic acids is 1. The van der Waals surface area contributed by atoms with Crippen LogP contribution < -0.4 is 4.74 Å². The van der Waals surface area contributed by atoms with Crippen LogP contribution in [0, 0.1) is 0 Å². The third kappa shape index (κ3) is 7.00. The number of methoxy groups -OCH3 is 1. The maximum absolute atomic E-state index is 11.1. The van der Waals surface area contributed by atoms with Gasteiger partial charge in [0.15, 0.2) is 0 Å². The molecule has 1 N–H and O–H groups in total. The highest BCUT2D eigenvalue weighted by molar-refractivity contribution is 5.88. The molecule has 0 aliphatic heterocycles. The van der Waals surface area contributed by atoms with Crippen LogP contribution in [0.5, 0.6) is 5.75 Å². The SMILES string of the molecule is C=C(C(=O)OC)C(C)Oc1ccccc1.C=CC(=O)O.